The Kier molecular flexibility index (Phi) is 6.36. The van der Waals surface area contributed by atoms with Gasteiger partial charge in [-0.3, -0.25) is 4.79 Å². The van der Waals surface area contributed by atoms with Crippen LogP contribution in [0.1, 0.15) is 30.6 Å². The van der Waals surface area contributed by atoms with E-state index in [1.165, 1.54) is 28.6 Å². The molecule has 0 N–H and O–H groups in total. The molecule has 7 nitrogen and oxygen atoms in total. The molecule has 2 rings (SSSR count). The third kappa shape index (κ3) is 4.40. The number of nitrogens with zero attached hydrogens (tertiary/aromatic N) is 4. The van der Waals surface area contributed by atoms with Crippen molar-refractivity contribution in [2.75, 3.05) is 26.2 Å². The van der Waals surface area contributed by atoms with Crippen LogP contribution in [0.2, 0.25) is 0 Å². The third-order valence-electron chi connectivity index (χ3n) is 4.36. The van der Waals surface area contributed by atoms with E-state index >= 15 is 0 Å². The second-order valence-electron chi connectivity index (χ2n) is 6.77. The number of sulfonamides is 1. The monoisotopic (exact) mass is 374 g/mol. The summed E-state index contributed by atoms with van der Waals surface area (Å²) in [5, 5.41) is 17.6. The maximum Gasteiger partial charge on any atom is 0.255 e. The van der Waals surface area contributed by atoms with E-state index in [0.29, 0.717) is 13.1 Å². The molecule has 138 valence electrons. The van der Waals surface area contributed by atoms with Crippen molar-refractivity contribution in [1.82, 2.24) is 9.21 Å². The molecule has 0 aromatic heterocycles. The van der Waals surface area contributed by atoms with Gasteiger partial charge in [-0.25, -0.2) is 8.42 Å². The summed E-state index contributed by atoms with van der Waals surface area (Å²) in [6.45, 7) is 4.51. The Morgan fingerprint density at radius 1 is 1.19 bits per heavy atom. The standard InChI is InChI=1S/C18H22N4O3S/c1-14-10-15(2)13-22(12-14)26(24,25)17-5-3-4-16(11-17)18(23)21(8-6-19)9-7-20/h3-5,11,14-15H,8-10,12-13H2,1-2H3. The van der Waals surface area contributed by atoms with Gasteiger partial charge in [-0.1, -0.05) is 19.9 Å². The van der Waals surface area contributed by atoms with Crippen LogP contribution in [0.5, 0.6) is 0 Å². The lowest BCUT2D eigenvalue weighted by Gasteiger charge is -2.34. The molecule has 0 spiro atoms. The Morgan fingerprint density at radius 3 is 2.31 bits per heavy atom. The number of carbonyl (C=O) groups excluding carboxylic acids is 1. The molecule has 1 aliphatic rings. The third-order valence-corrected chi connectivity index (χ3v) is 6.19. The van der Waals surface area contributed by atoms with Crippen molar-refractivity contribution in [3.05, 3.63) is 29.8 Å². The van der Waals surface area contributed by atoms with Crippen LogP contribution >= 0.6 is 0 Å². The lowest BCUT2D eigenvalue weighted by atomic mass is 9.94. The van der Waals surface area contributed by atoms with Crippen molar-refractivity contribution >= 4 is 15.9 Å². The van der Waals surface area contributed by atoms with Gasteiger partial charge in [0.15, 0.2) is 0 Å². The normalized spacial score (nSPS) is 20.8. The first-order chi connectivity index (χ1) is 12.3. The van der Waals surface area contributed by atoms with Crippen LogP contribution in [-0.2, 0) is 10.0 Å². The Hall–Kier alpha value is -2.42. The van der Waals surface area contributed by atoms with E-state index in [1.807, 2.05) is 26.0 Å². The van der Waals surface area contributed by atoms with Gasteiger partial charge < -0.3 is 4.90 Å². The second-order valence-corrected chi connectivity index (χ2v) is 8.71. The molecule has 1 amide bonds. The van der Waals surface area contributed by atoms with Crippen molar-refractivity contribution in [3.63, 3.8) is 0 Å². The lowest BCUT2D eigenvalue weighted by molar-refractivity contribution is 0.0794. The molecule has 1 saturated heterocycles. The summed E-state index contributed by atoms with van der Waals surface area (Å²) >= 11 is 0. The maximum atomic E-state index is 13.0. The molecule has 26 heavy (non-hydrogen) atoms. The van der Waals surface area contributed by atoms with Gasteiger partial charge in [-0.2, -0.15) is 14.8 Å². The van der Waals surface area contributed by atoms with Gasteiger partial charge in [-0.15, -0.1) is 0 Å². The van der Waals surface area contributed by atoms with Crippen LogP contribution in [0.3, 0.4) is 0 Å². The molecule has 0 radical (unpaired) electrons. The van der Waals surface area contributed by atoms with Gasteiger partial charge in [-0.05, 0) is 36.5 Å². The molecule has 1 aromatic carbocycles. The zero-order valence-corrected chi connectivity index (χ0v) is 15.7. The minimum atomic E-state index is -3.70. The summed E-state index contributed by atoms with van der Waals surface area (Å²) in [4.78, 5) is 13.6. The zero-order chi connectivity index (χ0) is 19.3. The van der Waals surface area contributed by atoms with E-state index in [1.54, 1.807) is 0 Å². The minimum Gasteiger partial charge on any atom is -0.312 e. The van der Waals surface area contributed by atoms with Gasteiger partial charge in [0, 0.05) is 18.7 Å². The summed E-state index contributed by atoms with van der Waals surface area (Å²) in [6, 6.07) is 9.46. The van der Waals surface area contributed by atoms with Crippen LogP contribution in [-0.4, -0.2) is 49.7 Å². The number of benzene rings is 1. The van der Waals surface area contributed by atoms with Gasteiger partial charge >= 0.3 is 0 Å². The first-order valence-corrected chi connectivity index (χ1v) is 9.87. The van der Waals surface area contributed by atoms with Crippen molar-refractivity contribution in [1.29, 1.82) is 10.5 Å². The summed E-state index contributed by atoms with van der Waals surface area (Å²) in [7, 11) is -3.70. The summed E-state index contributed by atoms with van der Waals surface area (Å²) in [5.74, 6) is 0.0192. The molecule has 0 bridgehead atoms. The van der Waals surface area contributed by atoms with E-state index in [0.717, 1.165) is 11.3 Å². The SMILES string of the molecule is CC1CC(C)CN(S(=O)(=O)c2cccc(C(=O)N(CC#N)CC#N)c2)C1. The first-order valence-electron chi connectivity index (χ1n) is 8.43. The summed E-state index contributed by atoms with van der Waals surface area (Å²) < 4.78 is 27.4. The molecule has 2 atom stereocenters. The van der Waals surface area contributed by atoms with Crippen molar-refractivity contribution in [2.24, 2.45) is 11.8 Å². The van der Waals surface area contributed by atoms with Crippen molar-refractivity contribution in [3.8, 4) is 12.1 Å². The Balaban J connectivity index is 2.32. The zero-order valence-electron chi connectivity index (χ0n) is 14.9. The Bertz CT molecular complexity index is 828. The average Bonchev–Trinajstić information content (AvgIpc) is 2.60. The van der Waals surface area contributed by atoms with E-state index in [4.69, 9.17) is 10.5 Å². The molecule has 2 unspecified atom stereocenters. The molecule has 8 heteroatoms. The fraction of sp³-hybridized carbons (Fsp3) is 0.500. The van der Waals surface area contributed by atoms with Crippen LogP contribution in [0.4, 0.5) is 0 Å². The number of nitriles is 2. The molecular formula is C18H22N4O3S. The van der Waals surface area contributed by atoms with Crippen molar-refractivity contribution in [2.45, 2.75) is 25.2 Å². The van der Waals surface area contributed by atoms with Crippen LogP contribution in [0.15, 0.2) is 29.2 Å². The summed E-state index contributed by atoms with van der Waals surface area (Å²) in [6.07, 6.45) is 0.988. The molecule has 0 saturated carbocycles. The number of amides is 1. The lowest BCUT2D eigenvalue weighted by Crippen LogP contribution is -2.42. The molecule has 1 aliphatic heterocycles. The highest BCUT2D eigenvalue weighted by Gasteiger charge is 2.32. The first kappa shape index (κ1) is 19.9. The van der Waals surface area contributed by atoms with Gasteiger partial charge in [0.1, 0.15) is 13.1 Å². The number of rotatable bonds is 5. The summed E-state index contributed by atoms with van der Waals surface area (Å²) in [5.41, 5.74) is 0.148. The van der Waals surface area contributed by atoms with Crippen molar-refractivity contribution < 1.29 is 13.2 Å². The molecule has 1 fully saturated rings. The topological polar surface area (TPSA) is 105 Å². The predicted molar refractivity (Wildman–Crippen MR) is 95.3 cm³/mol. The number of piperidine rings is 1. The van der Waals surface area contributed by atoms with E-state index < -0.39 is 15.9 Å². The van der Waals surface area contributed by atoms with E-state index in [2.05, 4.69) is 0 Å². The average molecular weight is 374 g/mol. The van der Waals surface area contributed by atoms with Crippen LogP contribution in [0.25, 0.3) is 0 Å². The van der Waals surface area contributed by atoms with Gasteiger partial charge in [0.05, 0.1) is 17.0 Å². The Morgan fingerprint density at radius 2 is 1.77 bits per heavy atom. The highest BCUT2D eigenvalue weighted by Crippen LogP contribution is 2.27. The maximum absolute atomic E-state index is 13.0. The number of hydrogen-bond acceptors (Lipinski definition) is 5. The van der Waals surface area contributed by atoms with E-state index in [-0.39, 0.29) is 35.4 Å². The fourth-order valence-electron chi connectivity index (χ4n) is 3.29. The highest BCUT2D eigenvalue weighted by molar-refractivity contribution is 7.89. The second kappa shape index (κ2) is 8.31. The van der Waals surface area contributed by atoms with Gasteiger partial charge in [0.2, 0.25) is 10.0 Å². The highest BCUT2D eigenvalue weighted by atomic mass is 32.2. The largest absolute Gasteiger partial charge is 0.312 e. The Labute approximate surface area is 154 Å². The molecule has 0 aliphatic carbocycles. The smallest absolute Gasteiger partial charge is 0.255 e. The van der Waals surface area contributed by atoms with E-state index in [9.17, 15) is 13.2 Å². The van der Waals surface area contributed by atoms with Gasteiger partial charge in [0.25, 0.3) is 5.91 Å². The quantitative estimate of drug-likeness (QED) is 0.731. The molecular weight excluding hydrogens is 352 g/mol. The van der Waals surface area contributed by atoms with Crippen LogP contribution < -0.4 is 0 Å². The predicted octanol–water partition coefficient (Wildman–Crippen LogP) is 1.84. The number of carbonyl (C=O) groups is 1. The fourth-order valence-corrected chi connectivity index (χ4v) is 5.02. The minimum absolute atomic E-state index is 0.0542. The number of hydrogen-bond donors (Lipinski definition) is 0. The molecule has 1 aromatic rings. The van der Waals surface area contributed by atoms with Crippen LogP contribution in [0, 0.1) is 34.5 Å². The molecule has 1 heterocycles.